The Hall–Kier alpha value is -1.79. The first-order chi connectivity index (χ1) is 12.4. The zero-order chi connectivity index (χ0) is 18.7. The van der Waals surface area contributed by atoms with Gasteiger partial charge in [-0.1, -0.05) is 11.6 Å². The maximum absolute atomic E-state index is 12.9. The number of aliphatic hydroxyl groups excluding tert-OH is 1. The predicted octanol–water partition coefficient (Wildman–Crippen LogP) is 2.33. The summed E-state index contributed by atoms with van der Waals surface area (Å²) in [4.78, 5) is 27.8. The molecular formula is C19H25ClN2O4. The lowest BCUT2D eigenvalue weighted by Gasteiger charge is -2.33. The molecule has 1 N–H and O–H groups in total. The summed E-state index contributed by atoms with van der Waals surface area (Å²) in [5.74, 6) is 0.428. The van der Waals surface area contributed by atoms with Crippen LogP contribution in [0.5, 0.6) is 5.75 Å². The number of likely N-dealkylation sites (tertiary alicyclic amines) is 2. The molecule has 2 heterocycles. The third kappa shape index (κ3) is 4.48. The SMILES string of the molecule is CC(=O)N1CCC(Oc2ccc(Cl)cc2C(=O)N2CCCC(O)C2)CC1. The molecule has 1 aromatic rings. The van der Waals surface area contributed by atoms with Crippen molar-refractivity contribution in [1.29, 1.82) is 0 Å². The number of β-amino-alcohol motifs (C(OH)–C–C–N with tert-alkyl or cyclic N) is 1. The smallest absolute Gasteiger partial charge is 0.257 e. The van der Waals surface area contributed by atoms with Gasteiger partial charge in [0.25, 0.3) is 5.91 Å². The largest absolute Gasteiger partial charge is 0.489 e. The molecule has 2 aliphatic heterocycles. The van der Waals surface area contributed by atoms with Crippen molar-refractivity contribution < 1.29 is 19.4 Å². The van der Waals surface area contributed by atoms with Crippen LogP contribution in [0, 0.1) is 0 Å². The lowest BCUT2D eigenvalue weighted by Crippen LogP contribution is -2.43. The molecule has 0 aliphatic carbocycles. The number of rotatable bonds is 3. The Kier molecular flexibility index (Phi) is 6.04. The highest BCUT2D eigenvalue weighted by molar-refractivity contribution is 6.31. The topological polar surface area (TPSA) is 70.1 Å². The lowest BCUT2D eigenvalue weighted by molar-refractivity contribution is -0.130. The zero-order valence-corrected chi connectivity index (χ0v) is 15.7. The van der Waals surface area contributed by atoms with E-state index in [1.807, 2.05) is 4.90 Å². The van der Waals surface area contributed by atoms with Gasteiger partial charge in [0.1, 0.15) is 11.9 Å². The lowest BCUT2D eigenvalue weighted by atomic mass is 10.1. The minimum Gasteiger partial charge on any atom is -0.489 e. The number of nitrogens with zero attached hydrogens (tertiary/aromatic N) is 2. The molecule has 0 spiro atoms. The Morgan fingerprint density at radius 2 is 1.88 bits per heavy atom. The third-order valence-electron chi connectivity index (χ3n) is 5.04. The summed E-state index contributed by atoms with van der Waals surface area (Å²) in [6, 6.07) is 5.07. The minimum atomic E-state index is -0.479. The first-order valence-corrected chi connectivity index (χ1v) is 9.51. The summed E-state index contributed by atoms with van der Waals surface area (Å²) in [6.45, 7) is 3.86. The van der Waals surface area contributed by atoms with Crippen LogP contribution < -0.4 is 4.74 Å². The van der Waals surface area contributed by atoms with Crippen molar-refractivity contribution in [3.63, 3.8) is 0 Å². The number of ether oxygens (including phenoxy) is 1. The van der Waals surface area contributed by atoms with Crippen molar-refractivity contribution in [1.82, 2.24) is 9.80 Å². The average Bonchev–Trinajstić information content (AvgIpc) is 2.63. The van der Waals surface area contributed by atoms with Gasteiger partial charge in [-0.2, -0.15) is 0 Å². The molecule has 2 fully saturated rings. The van der Waals surface area contributed by atoms with Gasteiger partial charge >= 0.3 is 0 Å². The third-order valence-corrected chi connectivity index (χ3v) is 5.27. The zero-order valence-electron chi connectivity index (χ0n) is 15.0. The Morgan fingerprint density at radius 3 is 2.54 bits per heavy atom. The van der Waals surface area contributed by atoms with Crippen LogP contribution in [0.2, 0.25) is 5.02 Å². The van der Waals surface area contributed by atoms with Gasteiger partial charge in [0.05, 0.1) is 11.7 Å². The van der Waals surface area contributed by atoms with Crippen LogP contribution in [0.15, 0.2) is 18.2 Å². The van der Waals surface area contributed by atoms with Gasteiger partial charge < -0.3 is 19.6 Å². The van der Waals surface area contributed by atoms with Crippen LogP contribution in [0.3, 0.4) is 0 Å². The number of hydrogen-bond acceptors (Lipinski definition) is 4. The van der Waals surface area contributed by atoms with E-state index in [4.69, 9.17) is 16.3 Å². The molecule has 0 radical (unpaired) electrons. The monoisotopic (exact) mass is 380 g/mol. The molecule has 2 amide bonds. The molecule has 2 aliphatic rings. The Bertz CT molecular complexity index is 674. The number of halogens is 1. The molecular weight excluding hydrogens is 356 g/mol. The van der Waals surface area contributed by atoms with Gasteiger partial charge in [0.2, 0.25) is 5.91 Å². The van der Waals surface area contributed by atoms with E-state index in [1.165, 1.54) is 0 Å². The van der Waals surface area contributed by atoms with Crippen molar-refractivity contribution in [3.8, 4) is 5.75 Å². The first-order valence-electron chi connectivity index (χ1n) is 9.13. The van der Waals surface area contributed by atoms with Crippen LogP contribution in [0.1, 0.15) is 43.0 Å². The summed E-state index contributed by atoms with van der Waals surface area (Å²) in [6.07, 6.45) is 2.46. The quantitative estimate of drug-likeness (QED) is 0.873. The van der Waals surface area contributed by atoms with Crippen molar-refractivity contribution in [2.24, 2.45) is 0 Å². The molecule has 1 aromatic carbocycles. The number of aliphatic hydroxyl groups is 1. The number of piperidine rings is 2. The van der Waals surface area contributed by atoms with Crippen LogP contribution >= 0.6 is 11.6 Å². The number of amides is 2. The second-order valence-electron chi connectivity index (χ2n) is 7.01. The van der Waals surface area contributed by atoms with Crippen molar-refractivity contribution in [3.05, 3.63) is 28.8 Å². The number of carbonyl (C=O) groups excluding carboxylic acids is 2. The Morgan fingerprint density at radius 1 is 1.15 bits per heavy atom. The molecule has 0 aromatic heterocycles. The maximum Gasteiger partial charge on any atom is 0.257 e. The summed E-state index contributed by atoms with van der Waals surface area (Å²) in [5, 5.41) is 10.3. The first kappa shape index (κ1) is 19.0. The molecule has 1 unspecified atom stereocenters. The van der Waals surface area contributed by atoms with Gasteiger partial charge in [0, 0.05) is 51.0 Å². The van der Waals surface area contributed by atoms with Crippen molar-refractivity contribution in [2.75, 3.05) is 26.2 Å². The number of benzene rings is 1. The Balaban J connectivity index is 1.72. The average molecular weight is 381 g/mol. The van der Waals surface area contributed by atoms with E-state index >= 15 is 0 Å². The molecule has 142 valence electrons. The molecule has 7 heteroatoms. The van der Waals surface area contributed by atoms with Crippen LogP contribution in [-0.2, 0) is 4.79 Å². The molecule has 2 saturated heterocycles. The highest BCUT2D eigenvalue weighted by Gasteiger charge is 2.27. The van der Waals surface area contributed by atoms with Crippen LogP contribution in [-0.4, -0.2) is 65.1 Å². The van der Waals surface area contributed by atoms with Gasteiger partial charge in [0.15, 0.2) is 0 Å². The number of hydrogen-bond donors (Lipinski definition) is 1. The minimum absolute atomic E-state index is 0.0368. The molecule has 3 rings (SSSR count). The van der Waals surface area contributed by atoms with Gasteiger partial charge in [-0.05, 0) is 31.0 Å². The second-order valence-corrected chi connectivity index (χ2v) is 7.45. The fraction of sp³-hybridized carbons (Fsp3) is 0.579. The fourth-order valence-electron chi connectivity index (χ4n) is 3.55. The molecule has 26 heavy (non-hydrogen) atoms. The van der Waals surface area contributed by atoms with E-state index < -0.39 is 6.10 Å². The molecule has 1 atom stereocenters. The van der Waals surface area contributed by atoms with E-state index in [0.717, 1.165) is 25.7 Å². The predicted molar refractivity (Wildman–Crippen MR) is 98.5 cm³/mol. The second kappa shape index (κ2) is 8.27. The van der Waals surface area contributed by atoms with E-state index in [-0.39, 0.29) is 17.9 Å². The molecule has 0 saturated carbocycles. The molecule has 6 nitrogen and oxygen atoms in total. The highest BCUT2D eigenvalue weighted by atomic mass is 35.5. The summed E-state index contributed by atoms with van der Waals surface area (Å²) in [5.41, 5.74) is 0.431. The fourth-order valence-corrected chi connectivity index (χ4v) is 3.72. The standard InChI is InChI=1S/C19H25ClN2O4/c1-13(23)21-9-6-16(7-10-21)26-18-5-4-14(20)11-17(18)19(25)22-8-2-3-15(24)12-22/h4-5,11,15-16,24H,2-3,6-10,12H2,1H3. The van der Waals surface area contributed by atoms with Crippen molar-refractivity contribution >= 4 is 23.4 Å². The van der Waals surface area contributed by atoms with Crippen LogP contribution in [0.4, 0.5) is 0 Å². The maximum atomic E-state index is 12.9. The van der Waals surface area contributed by atoms with E-state index in [0.29, 0.717) is 42.5 Å². The van der Waals surface area contributed by atoms with E-state index in [9.17, 15) is 14.7 Å². The summed E-state index contributed by atoms with van der Waals surface area (Å²) in [7, 11) is 0. The molecule has 0 bridgehead atoms. The van der Waals surface area contributed by atoms with Gasteiger partial charge in [-0.25, -0.2) is 0 Å². The van der Waals surface area contributed by atoms with Crippen LogP contribution in [0.25, 0.3) is 0 Å². The van der Waals surface area contributed by atoms with E-state index in [1.54, 1.807) is 30.0 Å². The summed E-state index contributed by atoms with van der Waals surface area (Å²) < 4.78 is 6.10. The van der Waals surface area contributed by atoms with Crippen molar-refractivity contribution in [2.45, 2.75) is 44.8 Å². The Labute approximate surface area is 158 Å². The number of carbonyl (C=O) groups is 2. The highest BCUT2D eigenvalue weighted by Crippen LogP contribution is 2.28. The van der Waals surface area contributed by atoms with Gasteiger partial charge in [-0.3, -0.25) is 9.59 Å². The summed E-state index contributed by atoms with van der Waals surface area (Å²) >= 11 is 6.11. The van der Waals surface area contributed by atoms with E-state index in [2.05, 4.69) is 0 Å². The van der Waals surface area contributed by atoms with Gasteiger partial charge in [-0.15, -0.1) is 0 Å². The normalized spacial score (nSPS) is 21.6.